The van der Waals surface area contributed by atoms with E-state index in [0.29, 0.717) is 5.92 Å². The van der Waals surface area contributed by atoms with Crippen molar-refractivity contribution in [3.63, 3.8) is 0 Å². The van der Waals surface area contributed by atoms with Crippen LogP contribution < -0.4 is 5.32 Å². The van der Waals surface area contributed by atoms with E-state index in [1.165, 1.54) is 6.42 Å². The fourth-order valence-electron chi connectivity index (χ4n) is 3.36. The molecule has 2 heterocycles. The Labute approximate surface area is 122 Å². The summed E-state index contributed by atoms with van der Waals surface area (Å²) in [5.41, 5.74) is 0. The second-order valence-corrected chi connectivity index (χ2v) is 8.34. The molecule has 0 aromatic rings. The van der Waals surface area contributed by atoms with Crippen LogP contribution in [0.5, 0.6) is 0 Å². The fourth-order valence-corrected chi connectivity index (χ4v) is 5.36. The molecule has 1 saturated carbocycles. The lowest BCUT2D eigenvalue weighted by Crippen LogP contribution is -2.49. The van der Waals surface area contributed by atoms with Crippen molar-refractivity contribution in [3.8, 4) is 0 Å². The maximum Gasteiger partial charge on any atom is 0.282 e. The molecular weight excluding hydrogens is 274 g/mol. The van der Waals surface area contributed by atoms with Crippen LogP contribution in [0.4, 0.5) is 0 Å². The van der Waals surface area contributed by atoms with E-state index in [1.54, 1.807) is 4.31 Å². The Kier molecular flexibility index (Phi) is 4.65. The van der Waals surface area contributed by atoms with Crippen molar-refractivity contribution < 1.29 is 8.42 Å². The summed E-state index contributed by atoms with van der Waals surface area (Å²) in [4.78, 5) is 0. The van der Waals surface area contributed by atoms with Crippen LogP contribution in [0, 0.1) is 5.92 Å². The van der Waals surface area contributed by atoms with Gasteiger partial charge in [-0.25, -0.2) is 0 Å². The third kappa shape index (κ3) is 3.35. The molecule has 1 N–H and O–H groups in total. The van der Waals surface area contributed by atoms with E-state index < -0.39 is 10.2 Å². The molecule has 2 aliphatic heterocycles. The quantitative estimate of drug-likeness (QED) is 0.829. The van der Waals surface area contributed by atoms with Gasteiger partial charge in [0.05, 0.1) is 0 Å². The summed E-state index contributed by atoms with van der Waals surface area (Å²) >= 11 is 0. The lowest BCUT2D eigenvalue weighted by molar-refractivity contribution is 0.254. The smallest absolute Gasteiger partial charge is 0.282 e. The number of hydrogen-bond donors (Lipinski definition) is 1. The molecule has 0 unspecified atom stereocenters. The Hall–Kier alpha value is -0.170. The van der Waals surface area contributed by atoms with Gasteiger partial charge in [-0.05, 0) is 57.5 Å². The molecule has 5 nitrogen and oxygen atoms in total. The van der Waals surface area contributed by atoms with Gasteiger partial charge in [-0.3, -0.25) is 0 Å². The first-order valence-electron chi connectivity index (χ1n) is 8.15. The van der Waals surface area contributed by atoms with Gasteiger partial charge < -0.3 is 5.32 Å². The molecule has 3 fully saturated rings. The van der Waals surface area contributed by atoms with Crippen LogP contribution in [0.3, 0.4) is 0 Å². The molecule has 0 spiro atoms. The predicted octanol–water partition coefficient (Wildman–Crippen LogP) is 1.18. The SMILES string of the molecule is O=S(=O)(N1CCCCC1)N(CC1CCNCC1)C1CC1. The normalized spacial score (nSPS) is 27.1. The van der Waals surface area contributed by atoms with E-state index in [9.17, 15) is 8.42 Å². The highest BCUT2D eigenvalue weighted by Crippen LogP contribution is 2.33. The van der Waals surface area contributed by atoms with Crippen molar-refractivity contribution in [2.45, 2.75) is 51.0 Å². The summed E-state index contributed by atoms with van der Waals surface area (Å²) in [6.07, 6.45) is 7.54. The molecule has 116 valence electrons. The molecular formula is C14H27N3O2S. The van der Waals surface area contributed by atoms with Crippen LogP contribution in [-0.2, 0) is 10.2 Å². The third-order valence-electron chi connectivity index (χ3n) is 4.79. The largest absolute Gasteiger partial charge is 0.317 e. The molecule has 0 bridgehead atoms. The standard InChI is InChI=1S/C14H27N3O2S/c18-20(19,16-10-2-1-3-11-16)17(14-4-5-14)12-13-6-8-15-9-7-13/h13-15H,1-12H2. The van der Waals surface area contributed by atoms with Gasteiger partial charge in [0.15, 0.2) is 0 Å². The average Bonchev–Trinajstić information content (AvgIpc) is 3.31. The van der Waals surface area contributed by atoms with E-state index in [1.807, 2.05) is 4.31 Å². The van der Waals surface area contributed by atoms with Crippen LogP contribution in [-0.4, -0.2) is 55.8 Å². The van der Waals surface area contributed by atoms with Gasteiger partial charge in [0.25, 0.3) is 10.2 Å². The van der Waals surface area contributed by atoms with E-state index >= 15 is 0 Å². The molecule has 0 aromatic carbocycles. The molecule has 0 radical (unpaired) electrons. The molecule has 1 aliphatic carbocycles. The first kappa shape index (κ1) is 14.8. The topological polar surface area (TPSA) is 52.7 Å². The zero-order valence-electron chi connectivity index (χ0n) is 12.3. The number of nitrogens with one attached hydrogen (secondary N) is 1. The minimum absolute atomic E-state index is 0.289. The molecule has 20 heavy (non-hydrogen) atoms. The van der Waals surface area contributed by atoms with Gasteiger partial charge in [-0.15, -0.1) is 0 Å². The first-order valence-corrected chi connectivity index (χ1v) is 9.55. The molecule has 6 heteroatoms. The molecule has 0 aromatic heterocycles. The summed E-state index contributed by atoms with van der Waals surface area (Å²) in [7, 11) is -3.21. The van der Waals surface area contributed by atoms with Crippen LogP contribution in [0.25, 0.3) is 0 Å². The van der Waals surface area contributed by atoms with E-state index in [-0.39, 0.29) is 6.04 Å². The Bertz CT molecular complexity index is 410. The summed E-state index contributed by atoms with van der Waals surface area (Å²) in [5, 5.41) is 3.36. The van der Waals surface area contributed by atoms with Crippen LogP contribution in [0.15, 0.2) is 0 Å². The third-order valence-corrected chi connectivity index (χ3v) is 6.85. The Balaban J connectivity index is 1.68. The Morgan fingerprint density at radius 3 is 2.25 bits per heavy atom. The molecule has 3 rings (SSSR count). The summed E-state index contributed by atoms with van der Waals surface area (Å²) in [6.45, 7) is 4.25. The van der Waals surface area contributed by atoms with Crippen molar-refractivity contribution in [2.75, 3.05) is 32.7 Å². The minimum atomic E-state index is -3.21. The maximum absolute atomic E-state index is 12.9. The molecule has 0 amide bonds. The zero-order chi connectivity index (χ0) is 14.0. The highest BCUT2D eigenvalue weighted by atomic mass is 32.2. The van der Waals surface area contributed by atoms with Crippen molar-refractivity contribution >= 4 is 10.2 Å². The number of rotatable bonds is 5. The van der Waals surface area contributed by atoms with Gasteiger partial charge in [0, 0.05) is 25.7 Å². The van der Waals surface area contributed by atoms with Gasteiger partial charge in [-0.1, -0.05) is 6.42 Å². The second kappa shape index (κ2) is 6.30. The number of hydrogen-bond acceptors (Lipinski definition) is 3. The minimum Gasteiger partial charge on any atom is -0.317 e. The average molecular weight is 301 g/mol. The van der Waals surface area contributed by atoms with Crippen LogP contribution in [0.2, 0.25) is 0 Å². The van der Waals surface area contributed by atoms with E-state index in [2.05, 4.69) is 5.32 Å². The Morgan fingerprint density at radius 1 is 1.00 bits per heavy atom. The van der Waals surface area contributed by atoms with Crippen molar-refractivity contribution in [3.05, 3.63) is 0 Å². The van der Waals surface area contributed by atoms with Gasteiger partial charge in [0.1, 0.15) is 0 Å². The lowest BCUT2D eigenvalue weighted by atomic mass is 9.98. The highest BCUT2D eigenvalue weighted by molar-refractivity contribution is 7.86. The van der Waals surface area contributed by atoms with Crippen molar-refractivity contribution in [2.24, 2.45) is 5.92 Å². The van der Waals surface area contributed by atoms with Crippen LogP contribution >= 0.6 is 0 Å². The summed E-state index contributed by atoms with van der Waals surface area (Å²) in [5.74, 6) is 0.538. The lowest BCUT2D eigenvalue weighted by Gasteiger charge is -2.35. The zero-order valence-corrected chi connectivity index (χ0v) is 13.1. The number of nitrogens with zero attached hydrogens (tertiary/aromatic N) is 2. The van der Waals surface area contributed by atoms with E-state index in [4.69, 9.17) is 0 Å². The Morgan fingerprint density at radius 2 is 1.65 bits per heavy atom. The first-order chi connectivity index (χ1) is 9.68. The maximum atomic E-state index is 12.9. The van der Waals surface area contributed by atoms with Gasteiger partial charge >= 0.3 is 0 Å². The second-order valence-electron chi connectivity index (χ2n) is 6.46. The highest BCUT2D eigenvalue weighted by Gasteiger charge is 2.41. The molecule has 3 aliphatic rings. The molecule has 0 atom stereocenters. The fraction of sp³-hybridized carbons (Fsp3) is 1.00. The summed E-state index contributed by atoms with van der Waals surface area (Å²) in [6, 6.07) is 0.289. The van der Waals surface area contributed by atoms with Crippen LogP contribution in [0.1, 0.15) is 44.9 Å². The number of piperidine rings is 2. The summed E-state index contributed by atoms with van der Waals surface area (Å²) < 4.78 is 29.3. The van der Waals surface area contributed by atoms with Gasteiger partial charge in [0.2, 0.25) is 0 Å². The molecule has 2 saturated heterocycles. The van der Waals surface area contributed by atoms with Crippen molar-refractivity contribution in [1.29, 1.82) is 0 Å². The monoisotopic (exact) mass is 301 g/mol. The van der Waals surface area contributed by atoms with Crippen molar-refractivity contribution in [1.82, 2.24) is 13.9 Å². The van der Waals surface area contributed by atoms with E-state index in [0.717, 1.165) is 71.2 Å². The predicted molar refractivity (Wildman–Crippen MR) is 79.7 cm³/mol. The van der Waals surface area contributed by atoms with Gasteiger partial charge in [-0.2, -0.15) is 17.0 Å².